The lowest BCUT2D eigenvalue weighted by atomic mass is 9.80. The summed E-state index contributed by atoms with van der Waals surface area (Å²) in [6.45, 7) is 7.09. The van der Waals surface area contributed by atoms with Crippen LogP contribution >= 0.6 is 0 Å². The number of ether oxygens (including phenoxy) is 2. The minimum absolute atomic E-state index is 0.0945. The number of para-hydroxylation sites is 1. The number of nitrogens with zero attached hydrogens (tertiary/aromatic N) is 1. The smallest absolute Gasteiger partial charge is 0.430 e. The maximum atomic E-state index is 12.9. The van der Waals surface area contributed by atoms with E-state index in [0.717, 1.165) is 5.01 Å². The Morgan fingerprint density at radius 3 is 2.44 bits per heavy atom. The molecule has 2 rings (SSSR count). The van der Waals surface area contributed by atoms with Crippen molar-refractivity contribution in [2.24, 2.45) is 5.92 Å². The molecule has 136 valence electrons. The summed E-state index contributed by atoms with van der Waals surface area (Å²) in [5.41, 5.74) is 2.09. The molecule has 0 fully saturated rings. The molecule has 1 aliphatic heterocycles. The highest BCUT2D eigenvalue weighted by atomic mass is 16.6. The first kappa shape index (κ1) is 18.6. The lowest BCUT2D eigenvalue weighted by Gasteiger charge is -2.40. The fraction of sp³-hybridized carbons (Fsp3) is 0.471. The lowest BCUT2D eigenvalue weighted by molar-refractivity contribution is -0.132. The van der Waals surface area contributed by atoms with Crippen molar-refractivity contribution in [3.05, 3.63) is 29.8 Å². The third-order valence-electron chi connectivity index (χ3n) is 4.05. The van der Waals surface area contributed by atoms with E-state index in [1.54, 1.807) is 52.0 Å². The number of carbonyl (C=O) groups is 3. The molecule has 1 aromatic carbocycles. The van der Waals surface area contributed by atoms with Crippen molar-refractivity contribution in [2.45, 2.75) is 33.2 Å². The normalized spacial score (nSPS) is 18.4. The average Bonchev–Trinajstić information content (AvgIpc) is 2.86. The van der Waals surface area contributed by atoms with Gasteiger partial charge in [0.25, 0.3) is 5.91 Å². The fourth-order valence-electron chi connectivity index (χ4n) is 3.04. The summed E-state index contributed by atoms with van der Waals surface area (Å²) in [4.78, 5) is 37.5. The molecule has 8 heteroatoms. The molecule has 0 saturated heterocycles. The van der Waals surface area contributed by atoms with Crippen molar-refractivity contribution < 1.29 is 23.9 Å². The van der Waals surface area contributed by atoms with E-state index in [0.29, 0.717) is 11.3 Å². The number of fused-ring (bicyclic) bond motifs is 1. The third kappa shape index (κ3) is 3.11. The summed E-state index contributed by atoms with van der Waals surface area (Å²) in [7, 11) is 0. The van der Waals surface area contributed by atoms with Crippen LogP contribution in [0, 0.1) is 5.92 Å². The van der Waals surface area contributed by atoms with Gasteiger partial charge in [-0.3, -0.25) is 4.79 Å². The molecule has 1 aliphatic rings. The first-order chi connectivity index (χ1) is 11.9. The van der Waals surface area contributed by atoms with E-state index in [1.807, 2.05) is 0 Å². The summed E-state index contributed by atoms with van der Waals surface area (Å²) in [6, 6.07) is 7.03. The number of nitrogens with one attached hydrogen (secondary N) is 2. The molecule has 8 nitrogen and oxygen atoms in total. The molecule has 0 radical (unpaired) electrons. The second-order valence-corrected chi connectivity index (χ2v) is 5.79. The van der Waals surface area contributed by atoms with Gasteiger partial charge < -0.3 is 14.8 Å². The Labute approximate surface area is 146 Å². The zero-order valence-corrected chi connectivity index (χ0v) is 14.8. The van der Waals surface area contributed by atoms with E-state index in [4.69, 9.17) is 9.47 Å². The van der Waals surface area contributed by atoms with Crippen molar-refractivity contribution in [3.8, 4) is 0 Å². The number of anilines is 1. The first-order valence-electron chi connectivity index (χ1n) is 8.20. The van der Waals surface area contributed by atoms with Crippen LogP contribution < -0.4 is 10.7 Å². The van der Waals surface area contributed by atoms with Gasteiger partial charge in [0.05, 0.1) is 13.2 Å². The number of hydrogen-bond acceptors (Lipinski definition) is 5. The van der Waals surface area contributed by atoms with Gasteiger partial charge in [-0.25, -0.2) is 15.0 Å². The van der Waals surface area contributed by atoms with Crippen molar-refractivity contribution in [3.63, 3.8) is 0 Å². The summed E-state index contributed by atoms with van der Waals surface area (Å²) >= 11 is 0. The van der Waals surface area contributed by atoms with Crippen LogP contribution in [-0.4, -0.2) is 36.3 Å². The number of benzene rings is 1. The quantitative estimate of drug-likeness (QED) is 0.815. The molecule has 0 unspecified atom stereocenters. The minimum Gasteiger partial charge on any atom is -0.449 e. The molecule has 1 atom stereocenters. The third-order valence-corrected chi connectivity index (χ3v) is 4.05. The highest BCUT2D eigenvalue weighted by molar-refractivity contribution is 6.07. The number of hydrogen-bond donors (Lipinski definition) is 2. The molecule has 1 aromatic rings. The largest absolute Gasteiger partial charge is 0.449 e. The van der Waals surface area contributed by atoms with Crippen LogP contribution in [0.15, 0.2) is 24.3 Å². The van der Waals surface area contributed by atoms with Crippen LogP contribution in [0.1, 0.15) is 33.3 Å². The van der Waals surface area contributed by atoms with Gasteiger partial charge in [-0.05, 0) is 25.8 Å². The minimum atomic E-state index is -1.45. The first-order valence-corrected chi connectivity index (χ1v) is 8.20. The molecular weight excluding hydrogens is 326 g/mol. The van der Waals surface area contributed by atoms with Crippen LogP contribution in [-0.2, 0) is 19.8 Å². The highest BCUT2D eigenvalue weighted by Crippen LogP contribution is 2.45. The molecule has 0 spiro atoms. The van der Waals surface area contributed by atoms with E-state index in [2.05, 4.69) is 10.7 Å². The average molecular weight is 349 g/mol. The van der Waals surface area contributed by atoms with Gasteiger partial charge in [0.15, 0.2) is 5.54 Å². The molecule has 0 saturated carbocycles. The Hall–Kier alpha value is -2.77. The van der Waals surface area contributed by atoms with Crippen LogP contribution in [0.2, 0.25) is 0 Å². The van der Waals surface area contributed by atoms with E-state index in [1.165, 1.54) is 0 Å². The van der Waals surface area contributed by atoms with Gasteiger partial charge in [0, 0.05) is 11.3 Å². The standard InChI is InChI=1S/C17H23N3O5/c1-5-24-15(22)19-20(16(23)25-6-2)17(11(3)4)12-9-7-8-10-13(12)18-14(17)21/h7-11H,5-6H2,1-4H3,(H,18,21)(H,19,22)/t17-/m1/s1. The Balaban J connectivity index is 2.58. The number of carbonyl (C=O) groups excluding carboxylic acids is 3. The summed E-state index contributed by atoms with van der Waals surface area (Å²) in [5.74, 6) is -0.781. The van der Waals surface area contributed by atoms with Gasteiger partial charge in [-0.15, -0.1) is 0 Å². The number of hydrazine groups is 1. The fourth-order valence-corrected chi connectivity index (χ4v) is 3.04. The van der Waals surface area contributed by atoms with Gasteiger partial charge in [-0.2, -0.15) is 5.01 Å². The van der Waals surface area contributed by atoms with Crippen molar-refractivity contribution >= 4 is 23.8 Å². The molecule has 3 amide bonds. The predicted molar refractivity (Wildman–Crippen MR) is 90.6 cm³/mol. The molecule has 0 aliphatic carbocycles. The van der Waals surface area contributed by atoms with E-state index < -0.39 is 23.6 Å². The maximum absolute atomic E-state index is 12.9. The van der Waals surface area contributed by atoms with E-state index in [9.17, 15) is 14.4 Å². The zero-order chi connectivity index (χ0) is 18.6. The van der Waals surface area contributed by atoms with Crippen LogP contribution in [0.5, 0.6) is 0 Å². The second kappa shape index (κ2) is 7.42. The van der Waals surface area contributed by atoms with Gasteiger partial charge >= 0.3 is 12.2 Å². The van der Waals surface area contributed by atoms with Gasteiger partial charge in [0.1, 0.15) is 0 Å². The number of rotatable bonds is 4. The summed E-state index contributed by atoms with van der Waals surface area (Å²) in [5, 5.41) is 3.70. The zero-order valence-electron chi connectivity index (χ0n) is 14.8. The van der Waals surface area contributed by atoms with Crippen LogP contribution in [0.3, 0.4) is 0 Å². The Morgan fingerprint density at radius 1 is 1.20 bits per heavy atom. The lowest BCUT2D eigenvalue weighted by Crippen LogP contribution is -2.63. The molecule has 0 bridgehead atoms. The van der Waals surface area contributed by atoms with Crippen LogP contribution in [0.4, 0.5) is 15.3 Å². The Bertz CT molecular complexity index is 676. The molecule has 0 aromatic heterocycles. The van der Waals surface area contributed by atoms with Crippen LogP contribution in [0.25, 0.3) is 0 Å². The molecule has 1 heterocycles. The Morgan fingerprint density at radius 2 is 1.84 bits per heavy atom. The van der Waals surface area contributed by atoms with Gasteiger partial charge in [-0.1, -0.05) is 32.0 Å². The summed E-state index contributed by atoms with van der Waals surface area (Å²) < 4.78 is 9.95. The van der Waals surface area contributed by atoms with E-state index >= 15 is 0 Å². The molecule has 25 heavy (non-hydrogen) atoms. The van der Waals surface area contributed by atoms with Crippen molar-refractivity contribution in [2.75, 3.05) is 18.5 Å². The molecular formula is C17H23N3O5. The highest BCUT2D eigenvalue weighted by Gasteiger charge is 2.57. The Kier molecular flexibility index (Phi) is 5.51. The van der Waals surface area contributed by atoms with E-state index in [-0.39, 0.29) is 19.1 Å². The second-order valence-electron chi connectivity index (χ2n) is 5.79. The maximum Gasteiger partial charge on any atom is 0.430 e. The predicted octanol–water partition coefficient (Wildman–Crippen LogP) is 2.61. The summed E-state index contributed by atoms with van der Waals surface area (Å²) in [6.07, 6.45) is -1.68. The van der Waals surface area contributed by atoms with Crippen molar-refractivity contribution in [1.82, 2.24) is 10.4 Å². The monoisotopic (exact) mass is 349 g/mol. The van der Waals surface area contributed by atoms with Crippen molar-refractivity contribution in [1.29, 1.82) is 0 Å². The molecule has 2 N–H and O–H groups in total. The SMILES string of the molecule is CCOC(=O)NN(C(=O)OCC)[C@@]1(C(C)C)C(=O)Nc2ccccc21. The topological polar surface area (TPSA) is 97.0 Å². The number of amides is 3. The van der Waals surface area contributed by atoms with Gasteiger partial charge in [0.2, 0.25) is 0 Å².